The van der Waals surface area contributed by atoms with E-state index in [0.29, 0.717) is 5.82 Å². The van der Waals surface area contributed by atoms with Crippen LogP contribution in [0.2, 0.25) is 0 Å². The van der Waals surface area contributed by atoms with Crippen molar-refractivity contribution in [2.75, 3.05) is 30.5 Å². The first kappa shape index (κ1) is 18.1. The fourth-order valence-corrected chi connectivity index (χ4v) is 2.93. The zero-order valence-corrected chi connectivity index (χ0v) is 15.3. The number of nitriles is 1. The molecule has 1 aromatic heterocycles. The second kappa shape index (κ2) is 7.30. The number of pyridine rings is 1. The average Bonchev–Trinajstić information content (AvgIpc) is 2.93. The minimum absolute atomic E-state index is 0.0639. The number of carbonyl (C=O) groups excluding carboxylic acids is 2. The minimum atomic E-state index is -0.658. The number of anilines is 2. The molecule has 0 unspecified atom stereocenters. The van der Waals surface area contributed by atoms with E-state index in [1.54, 1.807) is 43.0 Å². The Morgan fingerprint density at radius 1 is 1.11 bits per heavy atom. The molecule has 1 aliphatic rings. The lowest BCUT2D eigenvalue weighted by Crippen LogP contribution is -2.27. The average molecular weight is 362 g/mol. The molecule has 0 fully saturated rings. The van der Waals surface area contributed by atoms with Gasteiger partial charge in [0.2, 0.25) is 5.78 Å². The first-order chi connectivity index (χ1) is 12.9. The molecule has 7 nitrogen and oxygen atoms in total. The van der Waals surface area contributed by atoms with Gasteiger partial charge < -0.3 is 14.5 Å². The summed E-state index contributed by atoms with van der Waals surface area (Å²) in [5.41, 5.74) is 2.73. The van der Waals surface area contributed by atoms with E-state index in [-0.39, 0.29) is 11.1 Å². The molecular formula is C20H18N4O3. The predicted molar refractivity (Wildman–Crippen MR) is 100 cm³/mol. The van der Waals surface area contributed by atoms with Gasteiger partial charge in [0.15, 0.2) is 6.61 Å². The molecule has 0 N–H and O–H groups in total. The highest BCUT2D eigenvalue weighted by molar-refractivity contribution is 6.04. The van der Waals surface area contributed by atoms with Crippen LogP contribution in [0.1, 0.15) is 16.1 Å². The summed E-state index contributed by atoms with van der Waals surface area (Å²) in [7, 11) is 3.57. The van der Waals surface area contributed by atoms with E-state index < -0.39 is 18.4 Å². The number of carbonyl (C=O) groups is 2. The molecule has 0 bridgehead atoms. The number of hydrogen-bond donors (Lipinski definition) is 0. The summed E-state index contributed by atoms with van der Waals surface area (Å²) in [6.45, 7) is 1.29. The molecule has 2 aromatic rings. The molecule has 3 rings (SSSR count). The molecule has 0 spiro atoms. The monoisotopic (exact) mass is 362 g/mol. The maximum Gasteiger partial charge on any atom is 0.340 e. The number of hydrogen-bond acceptors (Lipinski definition) is 7. The van der Waals surface area contributed by atoms with Crippen molar-refractivity contribution in [3.8, 4) is 6.07 Å². The number of benzene rings is 1. The van der Waals surface area contributed by atoms with Crippen LogP contribution in [0.5, 0.6) is 0 Å². The van der Waals surface area contributed by atoms with Gasteiger partial charge in [-0.1, -0.05) is 12.1 Å². The van der Waals surface area contributed by atoms with Crippen LogP contribution in [0.3, 0.4) is 0 Å². The fourth-order valence-electron chi connectivity index (χ4n) is 2.93. The van der Waals surface area contributed by atoms with Gasteiger partial charge in [-0.25, -0.2) is 4.79 Å². The Balaban J connectivity index is 1.79. The maximum absolute atomic E-state index is 12.6. The van der Waals surface area contributed by atoms with E-state index in [0.717, 1.165) is 17.1 Å². The Morgan fingerprint density at radius 3 is 2.26 bits per heavy atom. The second-order valence-electron chi connectivity index (χ2n) is 6.10. The van der Waals surface area contributed by atoms with Gasteiger partial charge in [-0.15, -0.1) is 0 Å². The molecule has 27 heavy (non-hydrogen) atoms. The van der Waals surface area contributed by atoms with Gasteiger partial charge in [0.1, 0.15) is 17.5 Å². The number of ketones is 1. The number of ether oxygens (including phenoxy) is 1. The van der Waals surface area contributed by atoms with Crippen molar-refractivity contribution in [1.82, 2.24) is 4.98 Å². The number of para-hydroxylation sites is 2. The van der Waals surface area contributed by atoms with Crippen molar-refractivity contribution in [2.24, 2.45) is 0 Å². The topological polar surface area (TPSA) is 86.5 Å². The van der Waals surface area contributed by atoms with Crippen LogP contribution in [0.25, 0.3) is 0 Å². The third kappa shape index (κ3) is 3.37. The zero-order chi connectivity index (χ0) is 19.6. The molecule has 1 aliphatic heterocycles. The van der Waals surface area contributed by atoms with Crippen molar-refractivity contribution in [3.63, 3.8) is 0 Å². The largest absolute Gasteiger partial charge is 0.454 e. The maximum atomic E-state index is 12.6. The number of nitrogens with zero attached hydrogens (tertiary/aromatic N) is 4. The second-order valence-corrected chi connectivity index (χ2v) is 6.10. The molecule has 7 heteroatoms. The van der Waals surface area contributed by atoms with Crippen molar-refractivity contribution in [1.29, 1.82) is 5.26 Å². The number of esters is 1. The third-order valence-corrected chi connectivity index (χ3v) is 4.34. The van der Waals surface area contributed by atoms with Crippen LogP contribution in [0, 0.1) is 18.3 Å². The standard InChI is InChI=1S/C20H18N4O3/c1-13-8-9-14(11-22-13)20(26)27-12-18(25)15(10-21)19-23(2)16-6-4-5-7-17(16)24(19)3/h4-9,11H,12H2,1-3H3. The molecule has 2 heterocycles. The summed E-state index contributed by atoms with van der Waals surface area (Å²) in [5, 5.41) is 9.55. The van der Waals surface area contributed by atoms with E-state index in [9.17, 15) is 14.9 Å². The summed E-state index contributed by atoms with van der Waals surface area (Å²) in [6, 6.07) is 12.8. The van der Waals surface area contributed by atoms with Crippen molar-refractivity contribution in [2.45, 2.75) is 6.92 Å². The first-order valence-electron chi connectivity index (χ1n) is 8.28. The number of aryl methyl sites for hydroxylation is 1. The van der Waals surface area contributed by atoms with Gasteiger partial charge in [-0.05, 0) is 31.2 Å². The van der Waals surface area contributed by atoms with Crippen molar-refractivity contribution < 1.29 is 14.3 Å². The van der Waals surface area contributed by atoms with E-state index in [4.69, 9.17) is 4.74 Å². The Kier molecular flexibility index (Phi) is 4.90. The lowest BCUT2D eigenvalue weighted by Gasteiger charge is -2.19. The Hall–Kier alpha value is -3.66. The Morgan fingerprint density at radius 2 is 1.74 bits per heavy atom. The number of rotatable bonds is 4. The highest BCUT2D eigenvalue weighted by Gasteiger charge is 2.31. The molecule has 0 saturated heterocycles. The molecule has 0 amide bonds. The zero-order valence-electron chi connectivity index (χ0n) is 15.3. The van der Waals surface area contributed by atoms with E-state index in [1.165, 1.54) is 6.20 Å². The third-order valence-electron chi connectivity index (χ3n) is 4.34. The van der Waals surface area contributed by atoms with E-state index >= 15 is 0 Å². The fraction of sp³-hybridized carbons (Fsp3) is 0.200. The predicted octanol–water partition coefficient (Wildman–Crippen LogP) is 2.44. The molecule has 0 radical (unpaired) electrons. The number of Topliss-reactive ketones (excluding diaryl/α,β-unsaturated/α-hetero) is 1. The van der Waals surface area contributed by atoms with Gasteiger partial charge in [-0.2, -0.15) is 5.26 Å². The van der Waals surface area contributed by atoms with Crippen LogP contribution < -0.4 is 9.80 Å². The summed E-state index contributed by atoms with van der Waals surface area (Å²) in [6.07, 6.45) is 1.39. The molecule has 1 aromatic carbocycles. The van der Waals surface area contributed by atoms with Crippen LogP contribution in [-0.4, -0.2) is 37.4 Å². The van der Waals surface area contributed by atoms with E-state index in [1.807, 2.05) is 30.3 Å². The normalized spacial score (nSPS) is 12.4. The first-order valence-corrected chi connectivity index (χ1v) is 8.28. The van der Waals surface area contributed by atoms with Crippen molar-refractivity contribution >= 4 is 23.1 Å². The SMILES string of the molecule is Cc1ccc(C(=O)OCC(=O)C(C#N)=C2N(C)c3ccccc3N2C)cn1. The van der Waals surface area contributed by atoms with Gasteiger partial charge in [-0.3, -0.25) is 9.78 Å². The highest BCUT2D eigenvalue weighted by atomic mass is 16.5. The summed E-state index contributed by atoms with van der Waals surface area (Å²) in [5.74, 6) is -0.765. The molecule has 0 aliphatic carbocycles. The van der Waals surface area contributed by atoms with Crippen LogP contribution in [0.15, 0.2) is 54.0 Å². The Bertz CT molecular complexity index is 942. The van der Waals surface area contributed by atoms with E-state index in [2.05, 4.69) is 4.98 Å². The summed E-state index contributed by atoms with van der Waals surface area (Å²) in [4.78, 5) is 32.2. The number of aromatic nitrogens is 1. The smallest absolute Gasteiger partial charge is 0.340 e. The minimum Gasteiger partial charge on any atom is -0.454 e. The number of fused-ring (bicyclic) bond motifs is 1. The molecule has 136 valence electrons. The quantitative estimate of drug-likeness (QED) is 0.469. The molecule has 0 saturated carbocycles. The van der Waals surface area contributed by atoms with Crippen molar-refractivity contribution in [3.05, 3.63) is 65.2 Å². The lowest BCUT2D eigenvalue weighted by molar-refractivity contribution is -0.118. The molecular weight excluding hydrogens is 344 g/mol. The highest BCUT2D eigenvalue weighted by Crippen LogP contribution is 2.40. The van der Waals surface area contributed by atoms with Crippen LogP contribution >= 0.6 is 0 Å². The van der Waals surface area contributed by atoms with Crippen LogP contribution in [0.4, 0.5) is 11.4 Å². The van der Waals surface area contributed by atoms with Gasteiger partial charge in [0.25, 0.3) is 0 Å². The molecule has 0 atom stereocenters. The summed E-state index contributed by atoms with van der Waals surface area (Å²) >= 11 is 0. The van der Waals surface area contributed by atoms with Gasteiger partial charge in [0.05, 0.1) is 16.9 Å². The lowest BCUT2D eigenvalue weighted by atomic mass is 10.2. The van der Waals surface area contributed by atoms with Crippen LogP contribution in [-0.2, 0) is 9.53 Å². The summed E-state index contributed by atoms with van der Waals surface area (Å²) < 4.78 is 5.07. The van der Waals surface area contributed by atoms with Gasteiger partial charge >= 0.3 is 5.97 Å². The van der Waals surface area contributed by atoms with Gasteiger partial charge in [0, 0.05) is 26.0 Å². The Labute approximate surface area is 157 Å².